The Morgan fingerprint density at radius 1 is 1.32 bits per heavy atom. The maximum atomic E-state index is 12.0. The number of hydrogen-bond acceptors (Lipinski definition) is 5. The van der Waals surface area contributed by atoms with Crippen LogP contribution in [0.1, 0.15) is 18.6 Å². The third-order valence-electron chi connectivity index (χ3n) is 4.55. The van der Waals surface area contributed by atoms with E-state index in [2.05, 4.69) is 9.97 Å². The van der Waals surface area contributed by atoms with Gasteiger partial charge in [-0.15, -0.1) is 0 Å². The van der Waals surface area contributed by atoms with E-state index in [9.17, 15) is 4.79 Å². The largest absolute Gasteiger partial charge is 0.477 e. The molecule has 0 saturated carbocycles. The zero-order valence-electron chi connectivity index (χ0n) is 14.1. The molecule has 0 unspecified atom stereocenters. The Hall–Kier alpha value is -2.60. The zero-order chi connectivity index (χ0) is 17.2. The minimum Gasteiger partial charge on any atom is -0.477 e. The minimum absolute atomic E-state index is 0.152. The lowest BCUT2D eigenvalue weighted by Gasteiger charge is -2.21. The van der Waals surface area contributed by atoms with E-state index in [0.717, 1.165) is 37.2 Å². The summed E-state index contributed by atoms with van der Waals surface area (Å²) in [4.78, 5) is 19.0. The highest BCUT2D eigenvalue weighted by Crippen LogP contribution is 2.29. The molecule has 4 rings (SSSR count). The lowest BCUT2D eigenvalue weighted by atomic mass is 10.0. The Morgan fingerprint density at radius 3 is 3.00 bits per heavy atom. The van der Waals surface area contributed by atoms with Crippen LogP contribution in [0.5, 0.6) is 5.88 Å². The summed E-state index contributed by atoms with van der Waals surface area (Å²) in [6, 6.07) is 5.51. The van der Waals surface area contributed by atoms with Crippen molar-refractivity contribution in [2.75, 3.05) is 19.8 Å². The molecule has 0 bridgehead atoms. The molecule has 25 heavy (non-hydrogen) atoms. The van der Waals surface area contributed by atoms with Gasteiger partial charge < -0.3 is 18.9 Å². The third-order valence-corrected chi connectivity index (χ3v) is 4.55. The number of ether oxygens (including phenoxy) is 2. The quantitative estimate of drug-likeness (QED) is 0.788. The van der Waals surface area contributed by atoms with E-state index in [-0.39, 0.29) is 5.56 Å². The Labute approximate surface area is 144 Å². The third kappa shape index (κ3) is 3.30. The van der Waals surface area contributed by atoms with Crippen LogP contribution in [0.2, 0.25) is 0 Å². The van der Waals surface area contributed by atoms with Crippen LogP contribution in [0.3, 0.4) is 0 Å². The van der Waals surface area contributed by atoms with Gasteiger partial charge in [0, 0.05) is 37.2 Å². The monoisotopic (exact) mass is 340 g/mol. The standard InChI is InChI=1S/C19H20N2O4/c1-12-8-15-18(25-12)16(10-21-19(15)22)14-2-5-20-17(9-14)24-11-13-3-6-23-7-4-13/h2,5,8-10,13H,3-4,6-7,11H2,1H3,(H,21,22). The summed E-state index contributed by atoms with van der Waals surface area (Å²) >= 11 is 0. The first-order valence-electron chi connectivity index (χ1n) is 8.49. The van der Waals surface area contributed by atoms with Crippen LogP contribution in [0, 0.1) is 12.8 Å². The van der Waals surface area contributed by atoms with Gasteiger partial charge >= 0.3 is 0 Å². The average molecular weight is 340 g/mol. The smallest absolute Gasteiger partial charge is 0.259 e. The molecule has 130 valence electrons. The molecule has 6 nitrogen and oxygen atoms in total. The lowest BCUT2D eigenvalue weighted by molar-refractivity contribution is 0.0490. The van der Waals surface area contributed by atoms with Crippen molar-refractivity contribution in [3.05, 3.63) is 46.7 Å². The van der Waals surface area contributed by atoms with Crippen molar-refractivity contribution in [3.63, 3.8) is 0 Å². The molecule has 3 aromatic heterocycles. The van der Waals surface area contributed by atoms with Gasteiger partial charge in [-0.05, 0) is 43.4 Å². The molecule has 0 amide bonds. The highest BCUT2D eigenvalue weighted by atomic mass is 16.5. The molecule has 0 spiro atoms. The SMILES string of the molecule is Cc1cc2c(=O)[nH]cc(-c3ccnc(OCC4CCOCC4)c3)c2o1. The number of furan rings is 1. The van der Waals surface area contributed by atoms with Gasteiger partial charge in [0.05, 0.1) is 12.0 Å². The van der Waals surface area contributed by atoms with Crippen molar-refractivity contribution in [2.24, 2.45) is 5.92 Å². The van der Waals surface area contributed by atoms with Crippen LogP contribution in [0.15, 0.2) is 39.8 Å². The molecule has 6 heteroatoms. The Balaban J connectivity index is 1.61. The normalized spacial score (nSPS) is 15.6. The fraction of sp³-hybridized carbons (Fsp3) is 0.368. The van der Waals surface area contributed by atoms with Crippen molar-refractivity contribution < 1.29 is 13.9 Å². The van der Waals surface area contributed by atoms with E-state index in [4.69, 9.17) is 13.9 Å². The predicted molar refractivity (Wildman–Crippen MR) is 93.8 cm³/mol. The number of nitrogens with zero attached hydrogens (tertiary/aromatic N) is 1. The summed E-state index contributed by atoms with van der Waals surface area (Å²) in [7, 11) is 0. The number of nitrogens with one attached hydrogen (secondary N) is 1. The number of aryl methyl sites for hydroxylation is 1. The first-order chi connectivity index (χ1) is 12.2. The van der Waals surface area contributed by atoms with Gasteiger partial charge in [-0.25, -0.2) is 4.98 Å². The Kier molecular flexibility index (Phi) is 4.28. The van der Waals surface area contributed by atoms with E-state index in [1.54, 1.807) is 18.5 Å². The molecule has 0 aromatic carbocycles. The average Bonchev–Trinajstić information content (AvgIpc) is 3.04. The van der Waals surface area contributed by atoms with Crippen molar-refractivity contribution in [1.82, 2.24) is 9.97 Å². The van der Waals surface area contributed by atoms with Crippen LogP contribution < -0.4 is 10.3 Å². The fourth-order valence-corrected chi connectivity index (χ4v) is 3.15. The Bertz CT molecular complexity index is 938. The fourth-order valence-electron chi connectivity index (χ4n) is 3.15. The van der Waals surface area contributed by atoms with Gasteiger partial charge in [0.1, 0.15) is 11.3 Å². The van der Waals surface area contributed by atoms with Crippen molar-refractivity contribution in [1.29, 1.82) is 0 Å². The van der Waals surface area contributed by atoms with Crippen LogP contribution >= 0.6 is 0 Å². The second-order valence-electron chi connectivity index (χ2n) is 6.38. The van der Waals surface area contributed by atoms with Gasteiger partial charge in [-0.2, -0.15) is 0 Å². The van der Waals surface area contributed by atoms with Gasteiger partial charge in [-0.3, -0.25) is 4.79 Å². The number of H-pyrrole nitrogens is 1. The summed E-state index contributed by atoms with van der Waals surface area (Å²) in [6.07, 6.45) is 5.42. The molecule has 3 aromatic rings. The number of fused-ring (bicyclic) bond motifs is 1. The number of aromatic amines is 1. The number of pyridine rings is 2. The number of aromatic nitrogens is 2. The summed E-state index contributed by atoms with van der Waals surface area (Å²) in [5.41, 5.74) is 2.15. The molecular formula is C19H20N2O4. The molecule has 1 N–H and O–H groups in total. The number of hydrogen-bond donors (Lipinski definition) is 1. The summed E-state index contributed by atoms with van der Waals surface area (Å²) in [5, 5.41) is 0.552. The van der Waals surface area contributed by atoms with E-state index < -0.39 is 0 Å². The second kappa shape index (κ2) is 6.72. The predicted octanol–water partition coefficient (Wildman–Crippen LogP) is 3.30. The zero-order valence-corrected chi connectivity index (χ0v) is 14.1. The van der Waals surface area contributed by atoms with Gasteiger partial charge in [0.2, 0.25) is 5.88 Å². The molecule has 4 heterocycles. The first-order valence-corrected chi connectivity index (χ1v) is 8.49. The van der Waals surface area contributed by atoms with Crippen LogP contribution in [-0.4, -0.2) is 29.8 Å². The summed E-state index contributed by atoms with van der Waals surface area (Å²) < 4.78 is 17.0. The topological polar surface area (TPSA) is 77.4 Å². The molecular weight excluding hydrogens is 320 g/mol. The van der Waals surface area contributed by atoms with Crippen LogP contribution in [0.4, 0.5) is 0 Å². The van der Waals surface area contributed by atoms with E-state index >= 15 is 0 Å². The number of rotatable bonds is 4. The summed E-state index contributed by atoms with van der Waals surface area (Å²) in [5.74, 6) is 1.79. The van der Waals surface area contributed by atoms with Gasteiger partial charge in [0.25, 0.3) is 5.56 Å². The van der Waals surface area contributed by atoms with Gasteiger partial charge in [0.15, 0.2) is 0 Å². The highest BCUT2D eigenvalue weighted by molar-refractivity contribution is 5.91. The highest BCUT2D eigenvalue weighted by Gasteiger charge is 2.16. The molecule has 0 radical (unpaired) electrons. The van der Waals surface area contributed by atoms with Gasteiger partial charge in [-0.1, -0.05) is 0 Å². The molecule has 1 aliphatic rings. The summed E-state index contributed by atoms with van der Waals surface area (Å²) in [6.45, 7) is 4.07. The molecule has 0 aliphatic carbocycles. The van der Waals surface area contributed by atoms with Crippen molar-refractivity contribution in [2.45, 2.75) is 19.8 Å². The second-order valence-corrected chi connectivity index (χ2v) is 6.38. The Morgan fingerprint density at radius 2 is 2.16 bits per heavy atom. The molecule has 1 fully saturated rings. The first kappa shape index (κ1) is 15.9. The van der Waals surface area contributed by atoms with E-state index in [1.807, 2.05) is 19.1 Å². The molecule has 1 saturated heterocycles. The molecule has 0 atom stereocenters. The minimum atomic E-state index is -0.152. The molecule has 1 aliphatic heterocycles. The van der Waals surface area contributed by atoms with E-state index in [1.165, 1.54) is 0 Å². The van der Waals surface area contributed by atoms with Crippen LogP contribution in [0.25, 0.3) is 22.1 Å². The maximum absolute atomic E-state index is 12.0. The van der Waals surface area contributed by atoms with Crippen molar-refractivity contribution >= 4 is 11.0 Å². The van der Waals surface area contributed by atoms with E-state index in [0.29, 0.717) is 35.1 Å². The van der Waals surface area contributed by atoms with Crippen LogP contribution in [-0.2, 0) is 4.74 Å². The lowest BCUT2D eigenvalue weighted by Crippen LogP contribution is -2.21. The van der Waals surface area contributed by atoms with Crippen molar-refractivity contribution in [3.8, 4) is 17.0 Å². The maximum Gasteiger partial charge on any atom is 0.259 e.